The second-order valence-electron chi connectivity index (χ2n) is 9.63. The molecule has 0 aromatic heterocycles. The summed E-state index contributed by atoms with van der Waals surface area (Å²) in [6.45, 7) is 3.85. The first kappa shape index (κ1) is 24.4. The van der Waals surface area contributed by atoms with E-state index in [0.717, 1.165) is 30.4 Å². The molecule has 6 nitrogen and oxygen atoms in total. The maximum Gasteiger partial charge on any atom is 0.264 e. The van der Waals surface area contributed by atoms with Gasteiger partial charge in [0.15, 0.2) is 6.10 Å². The van der Waals surface area contributed by atoms with Crippen LogP contribution in [0.1, 0.15) is 54.5 Å². The van der Waals surface area contributed by atoms with Gasteiger partial charge in [0.2, 0.25) is 0 Å². The molecule has 2 aliphatic rings. The molecule has 1 aliphatic heterocycles. The lowest BCUT2D eigenvalue weighted by atomic mass is 9.88. The summed E-state index contributed by atoms with van der Waals surface area (Å²) in [6.07, 6.45) is 4.35. The molecule has 1 heterocycles. The van der Waals surface area contributed by atoms with Crippen LogP contribution in [-0.4, -0.2) is 27.0 Å². The number of amides is 1. The topological polar surface area (TPSA) is 75.7 Å². The third-order valence-corrected chi connectivity index (χ3v) is 8.90. The second-order valence-corrected chi connectivity index (χ2v) is 11.5. The molecule has 1 amide bonds. The van der Waals surface area contributed by atoms with Crippen molar-refractivity contribution < 1.29 is 17.9 Å². The largest absolute Gasteiger partial charge is 0.476 e. The van der Waals surface area contributed by atoms with Crippen LogP contribution in [0.4, 0.5) is 5.69 Å². The van der Waals surface area contributed by atoms with Crippen LogP contribution in [0.25, 0.3) is 0 Å². The second kappa shape index (κ2) is 9.97. The minimum absolute atomic E-state index is 0.0975. The lowest BCUT2D eigenvalue weighted by Gasteiger charge is -2.35. The van der Waals surface area contributed by atoms with Gasteiger partial charge in [-0.3, -0.25) is 9.10 Å². The predicted molar refractivity (Wildman–Crippen MR) is 141 cm³/mol. The van der Waals surface area contributed by atoms with E-state index in [-0.39, 0.29) is 23.4 Å². The highest BCUT2D eigenvalue weighted by molar-refractivity contribution is 7.92. The molecule has 36 heavy (non-hydrogen) atoms. The minimum atomic E-state index is -3.88. The Hall–Kier alpha value is -3.32. The molecule has 0 bridgehead atoms. The average Bonchev–Trinajstić information content (AvgIpc) is 2.91. The van der Waals surface area contributed by atoms with Crippen LogP contribution in [0, 0.1) is 6.92 Å². The van der Waals surface area contributed by atoms with Crippen molar-refractivity contribution in [3.8, 4) is 5.75 Å². The van der Waals surface area contributed by atoms with E-state index in [1.807, 2.05) is 19.9 Å². The number of fused-ring (bicyclic) bond motifs is 2. The number of hydrogen-bond acceptors (Lipinski definition) is 4. The molecular formula is C29H32N2O4S. The molecule has 0 saturated heterocycles. The maximum atomic E-state index is 13.6. The van der Waals surface area contributed by atoms with E-state index in [0.29, 0.717) is 11.4 Å². The molecule has 3 aromatic carbocycles. The molecule has 3 aromatic rings. The molecule has 0 fully saturated rings. The molecule has 0 unspecified atom stereocenters. The summed E-state index contributed by atoms with van der Waals surface area (Å²) in [5, 5.41) is 3.13. The maximum absolute atomic E-state index is 13.6. The van der Waals surface area contributed by atoms with Gasteiger partial charge in [-0.05, 0) is 85.5 Å². The highest BCUT2D eigenvalue weighted by Gasteiger charge is 2.38. The fraction of sp³-hybridized carbons (Fsp3) is 0.345. The highest BCUT2D eigenvalue weighted by atomic mass is 32.2. The number of carbonyl (C=O) groups is 1. The number of nitrogens with one attached hydrogen (secondary N) is 1. The van der Waals surface area contributed by atoms with Gasteiger partial charge >= 0.3 is 0 Å². The minimum Gasteiger partial charge on any atom is -0.476 e. The van der Waals surface area contributed by atoms with Crippen molar-refractivity contribution in [2.75, 3.05) is 10.8 Å². The number of carbonyl (C=O) groups excluding carboxylic acids is 1. The van der Waals surface area contributed by atoms with Crippen molar-refractivity contribution in [2.45, 2.75) is 63.0 Å². The van der Waals surface area contributed by atoms with E-state index in [1.54, 1.807) is 42.5 Å². The normalized spacial score (nSPS) is 17.9. The van der Waals surface area contributed by atoms with Gasteiger partial charge in [-0.1, -0.05) is 49.4 Å². The van der Waals surface area contributed by atoms with E-state index in [4.69, 9.17) is 4.74 Å². The third kappa shape index (κ3) is 4.72. The smallest absolute Gasteiger partial charge is 0.264 e. The van der Waals surface area contributed by atoms with Gasteiger partial charge in [-0.25, -0.2) is 8.42 Å². The van der Waals surface area contributed by atoms with Crippen molar-refractivity contribution in [1.82, 2.24) is 5.32 Å². The summed E-state index contributed by atoms with van der Waals surface area (Å²) in [4.78, 5) is 13.7. The Labute approximate surface area is 213 Å². The molecule has 1 aliphatic carbocycles. The predicted octanol–water partition coefficient (Wildman–Crippen LogP) is 5.10. The molecule has 1 N–H and O–H groups in total. The summed E-state index contributed by atoms with van der Waals surface area (Å²) in [6, 6.07) is 20.0. The summed E-state index contributed by atoms with van der Waals surface area (Å²) in [5.74, 6) is 0.0720. The van der Waals surface area contributed by atoms with Gasteiger partial charge in [0.25, 0.3) is 15.9 Å². The number of rotatable bonds is 6. The lowest BCUT2D eigenvalue weighted by molar-refractivity contribution is -0.128. The summed E-state index contributed by atoms with van der Waals surface area (Å²) < 4.78 is 34.5. The summed E-state index contributed by atoms with van der Waals surface area (Å²) >= 11 is 0. The Morgan fingerprint density at radius 1 is 1.03 bits per heavy atom. The van der Waals surface area contributed by atoms with Gasteiger partial charge in [0, 0.05) is 0 Å². The van der Waals surface area contributed by atoms with Gasteiger partial charge in [-0.15, -0.1) is 0 Å². The fourth-order valence-electron chi connectivity index (χ4n) is 5.10. The fourth-order valence-corrected chi connectivity index (χ4v) is 6.60. The number of hydrogen-bond donors (Lipinski definition) is 1. The zero-order valence-corrected chi connectivity index (χ0v) is 21.6. The Balaban J connectivity index is 1.42. The number of anilines is 1. The number of aryl methyl sites for hydroxylation is 3. The van der Waals surface area contributed by atoms with Crippen LogP contribution < -0.4 is 14.4 Å². The lowest BCUT2D eigenvalue weighted by Crippen LogP contribution is -2.51. The van der Waals surface area contributed by atoms with Crippen molar-refractivity contribution in [3.63, 3.8) is 0 Å². The molecule has 0 radical (unpaired) electrons. The molecule has 0 saturated carbocycles. The molecule has 5 rings (SSSR count). The van der Waals surface area contributed by atoms with Crippen molar-refractivity contribution in [3.05, 3.63) is 89.0 Å². The summed E-state index contributed by atoms with van der Waals surface area (Å²) in [5.41, 5.74) is 5.20. The van der Waals surface area contributed by atoms with Gasteiger partial charge in [-0.2, -0.15) is 0 Å². The van der Waals surface area contributed by atoms with Crippen LogP contribution >= 0.6 is 0 Å². The molecule has 188 valence electrons. The Morgan fingerprint density at radius 3 is 2.53 bits per heavy atom. The Bertz CT molecular complexity index is 1370. The standard InChI is InChI=1S/C29H32N2O4S/c1-3-25(23-15-14-21-9-7-8-10-22(21)18-23)30-29(32)28-19-31(26-16-13-20(2)17-27(26)35-28)36(33,34)24-11-5-4-6-12-24/h4-6,11-18,25,28H,3,7-10,19H2,1-2H3,(H,30,32)/t25-,28+/m1/s1. The van der Waals surface area contributed by atoms with Crippen LogP contribution in [0.15, 0.2) is 71.6 Å². The quantitative estimate of drug-likeness (QED) is 0.507. The number of nitrogens with zero attached hydrogens (tertiary/aromatic N) is 1. The van der Waals surface area contributed by atoms with Crippen molar-refractivity contribution >= 4 is 21.6 Å². The average molecular weight is 505 g/mol. The third-order valence-electron chi connectivity index (χ3n) is 7.11. The van der Waals surface area contributed by atoms with E-state index in [1.165, 1.54) is 28.3 Å². The van der Waals surface area contributed by atoms with Gasteiger partial charge in [0.05, 0.1) is 23.2 Å². The number of ether oxygens (including phenoxy) is 1. The van der Waals surface area contributed by atoms with Gasteiger partial charge < -0.3 is 10.1 Å². The van der Waals surface area contributed by atoms with E-state index in [9.17, 15) is 13.2 Å². The van der Waals surface area contributed by atoms with Crippen LogP contribution in [0.3, 0.4) is 0 Å². The van der Waals surface area contributed by atoms with E-state index >= 15 is 0 Å². The van der Waals surface area contributed by atoms with Crippen molar-refractivity contribution in [2.24, 2.45) is 0 Å². The summed E-state index contributed by atoms with van der Waals surface area (Å²) in [7, 11) is -3.88. The van der Waals surface area contributed by atoms with Crippen molar-refractivity contribution in [1.29, 1.82) is 0 Å². The first-order chi connectivity index (χ1) is 17.4. The zero-order chi connectivity index (χ0) is 25.3. The zero-order valence-electron chi connectivity index (χ0n) is 20.7. The monoisotopic (exact) mass is 504 g/mol. The van der Waals surface area contributed by atoms with Crippen LogP contribution in [0.5, 0.6) is 5.75 Å². The van der Waals surface area contributed by atoms with Crippen LogP contribution in [-0.2, 0) is 27.7 Å². The van der Waals surface area contributed by atoms with E-state index < -0.39 is 16.1 Å². The SMILES string of the molecule is CC[C@@H](NC(=O)[C@@H]1CN(S(=O)(=O)c2ccccc2)c2ccc(C)cc2O1)c1ccc2c(c1)CCCC2. The molecule has 0 spiro atoms. The molecule has 2 atom stereocenters. The molecular weight excluding hydrogens is 472 g/mol. The molecule has 7 heteroatoms. The van der Waals surface area contributed by atoms with Gasteiger partial charge in [0.1, 0.15) is 5.75 Å². The first-order valence-corrected chi connectivity index (χ1v) is 14.1. The first-order valence-electron chi connectivity index (χ1n) is 12.6. The number of benzene rings is 3. The van der Waals surface area contributed by atoms with Crippen LogP contribution in [0.2, 0.25) is 0 Å². The highest BCUT2D eigenvalue weighted by Crippen LogP contribution is 2.38. The number of sulfonamides is 1. The Kier molecular flexibility index (Phi) is 6.75. The van der Waals surface area contributed by atoms with E-state index in [2.05, 4.69) is 23.5 Å². The Morgan fingerprint density at radius 2 is 1.78 bits per heavy atom.